The molecule has 0 radical (unpaired) electrons. The minimum Gasteiger partial charge on any atom is -0.449 e. The third kappa shape index (κ3) is 3.86. The minimum atomic E-state index is -0.388. The van der Waals surface area contributed by atoms with Crippen molar-refractivity contribution in [1.29, 1.82) is 0 Å². The second-order valence-electron chi connectivity index (χ2n) is 8.76. The van der Waals surface area contributed by atoms with Gasteiger partial charge in [-0.25, -0.2) is 4.79 Å². The molecule has 1 aromatic carbocycles. The van der Waals surface area contributed by atoms with Crippen LogP contribution < -0.4 is 9.80 Å². The lowest BCUT2D eigenvalue weighted by Gasteiger charge is -2.40. The van der Waals surface area contributed by atoms with E-state index in [1.165, 1.54) is 0 Å². The van der Waals surface area contributed by atoms with E-state index in [-0.39, 0.29) is 24.1 Å². The maximum Gasteiger partial charge on any atom is 0.414 e. The van der Waals surface area contributed by atoms with Crippen LogP contribution in [-0.4, -0.2) is 67.4 Å². The molecule has 1 aromatic heterocycles. The van der Waals surface area contributed by atoms with Gasteiger partial charge in [-0.3, -0.25) is 14.4 Å². The number of fused-ring (bicyclic) bond motifs is 1. The van der Waals surface area contributed by atoms with Gasteiger partial charge in [-0.1, -0.05) is 6.07 Å². The molecular formula is C23H28N4O5. The Morgan fingerprint density at radius 2 is 1.91 bits per heavy atom. The smallest absolute Gasteiger partial charge is 0.414 e. The summed E-state index contributed by atoms with van der Waals surface area (Å²) in [6.45, 7) is 7.03. The molecule has 2 fully saturated rings. The number of hydrogen-bond donors (Lipinski definition) is 0. The highest BCUT2D eigenvalue weighted by atomic mass is 16.6. The molecule has 2 amide bonds. The zero-order valence-electron chi connectivity index (χ0n) is 18.4. The summed E-state index contributed by atoms with van der Waals surface area (Å²) in [5.74, 6) is 0.412. The number of benzene rings is 1. The van der Waals surface area contributed by atoms with Crippen LogP contribution >= 0.6 is 0 Å². The Balaban J connectivity index is 1.42. The van der Waals surface area contributed by atoms with Crippen LogP contribution in [0.2, 0.25) is 0 Å². The molecule has 4 heterocycles. The Morgan fingerprint density at radius 1 is 1.12 bits per heavy atom. The Bertz CT molecular complexity index is 1010. The predicted octanol–water partition coefficient (Wildman–Crippen LogP) is 2.86. The Kier molecular flexibility index (Phi) is 5.60. The summed E-state index contributed by atoms with van der Waals surface area (Å²) in [4.78, 5) is 28.7. The van der Waals surface area contributed by atoms with Gasteiger partial charge in [0.1, 0.15) is 0 Å². The van der Waals surface area contributed by atoms with Gasteiger partial charge in [-0.05, 0) is 31.0 Å². The molecule has 9 heteroatoms. The van der Waals surface area contributed by atoms with Crippen LogP contribution in [0.3, 0.4) is 0 Å². The molecular weight excluding hydrogens is 412 g/mol. The van der Waals surface area contributed by atoms with Gasteiger partial charge in [0.15, 0.2) is 0 Å². The fourth-order valence-corrected chi connectivity index (χ4v) is 4.36. The van der Waals surface area contributed by atoms with Gasteiger partial charge < -0.3 is 19.1 Å². The van der Waals surface area contributed by atoms with E-state index in [4.69, 9.17) is 14.2 Å². The van der Waals surface area contributed by atoms with Crippen LogP contribution in [0.25, 0.3) is 11.1 Å². The summed E-state index contributed by atoms with van der Waals surface area (Å²) in [5.41, 5.74) is 3.26. The average molecular weight is 441 g/mol. The molecule has 2 aromatic rings. The number of amides is 2. The first kappa shape index (κ1) is 21.0. The third-order valence-corrected chi connectivity index (χ3v) is 6.36. The predicted molar refractivity (Wildman–Crippen MR) is 118 cm³/mol. The van der Waals surface area contributed by atoms with Gasteiger partial charge >= 0.3 is 6.09 Å². The maximum absolute atomic E-state index is 13.0. The molecule has 3 aliphatic rings. The van der Waals surface area contributed by atoms with E-state index in [9.17, 15) is 9.59 Å². The van der Waals surface area contributed by atoms with Gasteiger partial charge in [0.2, 0.25) is 5.91 Å². The molecule has 0 spiro atoms. The fourth-order valence-electron chi connectivity index (χ4n) is 4.36. The van der Waals surface area contributed by atoms with E-state index < -0.39 is 0 Å². The first-order chi connectivity index (χ1) is 15.5. The molecule has 3 aliphatic heterocycles. The number of ether oxygens (including phenoxy) is 3. The molecule has 5 rings (SSSR count). The number of carbonyl (C=O) groups excluding carboxylic acids is 2. The highest BCUT2D eigenvalue weighted by molar-refractivity contribution is 6.03. The number of rotatable bonds is 5. The van der Waals surface area contributed by atoms with Crippen molar-refractivity contribution in [3.8, 4) is 11.1 Å². The summed E-state index contributed by atoms with van der Waals surface area (Å²) in [6, 6.07) is 5.92. The van der Waals surface area contributed by atoms with Gasteiger partial charge in [0.25, 0.3) is 0 Å². The van der Waals surface area contributed by atoms with E-state index in [2.05, 4.69) is 5.10 Å². The van der Waals surface area contributed by atoms with Gasteiger partial charge in [-0.15, -0.1) is 0 Å². The topological polar surface area (TPSA) is 86.1 Å². The first-order valence-electron chi connectivity index (χ1n) is 11.1. The van der Waals surface area contributed by atoms with Crippen molar-refractivity contribution >= 4 is 23.4 Å². The molecule has 0 saturated carbocycles. The molecule has 2 saturated heterocycles. The van der Waals surface area contributed by atoms with Gasteiger partial charge in [0.05, 0.1) is 62.7 Å². The summed E-state index contributed by atoms with van der Waals surface area (Å²) in [7, 11) is 0. The quantitative estimate of drug-likeness (QED) is 0.711. The second-order valence-corrected chi connectivity index (χ2v) is 8.76. The zero-order chi connectivity index (χ0) is 22.2. The third-order valence-electron chi connectivity index (χ3n) is 6.36. The molecule has 32 heavy (non-hydrogen) atoms. The van der Waals surface area contributed by atoms with Gasteiger partial charge in [-0.2, -0.15) is 5.10 Å². The van der Waals surface area contributed by atoms with Crippen LogP contribution in [0.15, 0.2) is 30.6 Å². The largest absolute Gasteiger partial charge is 0.449 e. The fraction of sp³-hybridized carbons (Fsp3) is 0.522. The van der Waals surface area contributed by atoms with Crippen molar-refractivity contribution in [2.24, 2.45) is 5.92 Å². The molecule has 9 nitrogen and oxygen atoms in total. The number of aromatic nitrogens is 2. The Morgan fingerprint density at radius 3 is 2.56 bits per heavy atom. The number of carbonyl (C=O) groups is 2. The minimum absolute atomic E-state index is 0.0534. The highest BCUT2D eigenvalue weighted by Gasteiger charge is 2.35. The average Bonchev–Trinajstić information content (AvgIpc) is 3.16. The monoisotopic (exact) mass is 440 g/mol. The summed E-state index contributed by atoms with van der Waals surface area (Å²) < 4.78 is 17.9. The lowest BCUT2D eigenvalue weighted by molar-refractivity contribution is -0.117. The van der Waals surface area contributed by atoms with Crippen LogP contribution in [0, 0.1) is 5.92 Å². The van der Waals surface area contributed by atoms with Crippen LogP contribution in [0.1, 0.15) is 26.3 Å². The second kappa shape index (κ2) is 8.55. The Hall–Kier alpha value is -2.91. The Labute approximate surface area is 186 Å². The van der Waals surface area contributed by atoms with Crippen molar-refractivity contribution in [3.63, 3.8) is 0 Å². The number of hydrogen-bond acceptors (Lipinski definition) is 6. The first-order valence-corrected chi connectivity index (χ1v) is 11.1. The van der Waals surface area contributed by atoms with Crippen LogP contribution in [0.5, 0.6) is 0 Å². The van der Waals surface area contributed by atoms with E-state index in [0.29, 0.717) is 43.7 Å². The van der Waals surface area contributed by atoms with Crippen molar-refractivity contribution in [2.75, 3.05) is 49.4 Å². The molecule has 0 N–H and O–H groups in total. The number of anilines is 2. The van der Waals surface area contributed by atoms with E-state index >= 15 is 0 Å². The lowest BCUT2D eigenvalue weighted by Crippen LogP contribution is -2.51. The van der Waals surface area contributed by atoms with E-state index in [1.807, 2.05) is 42.2 Å². The van der Waals surface area contributed by atoms with Crippen molar-refractivity contribution in [1.82, 2.24) is 9.78 Å². The van der Waals surface area contributed by atoms with Crippen LogP contribution in [0.4, 0.5) is 16.2 Å². The number of nitrogens with zero attached hydrogens (tertiary/aromatic N) is 4. The normalized spacial score (nSPS) is 21.0. The van der Waals surface area contributed by atoms with Gasteiger partial charge in [0, 0.05) is 31.1 Å². The summed E-state index contributed by atoms with van der Waals surface area (Å²) >= 11 is 0. The summed E-state index contributed by atoms with van der Waals surface area (Å²) in [5, 5.41) is 4.46. The maximum atomic E-state index is 13.0. The van der Waals surface area contributed by atoms with Crippen molar-refractivity contribution in [3.05, 3.63) is 30.6 Å². The van der Waals surface area contributed by atoms with E-state index in [0.717, 1.165) is 30.8 Å². The molecule has 1 atom stereocenters. The van der Waals surface area contributed by atoms with Crippen LogP contribution in [-0.2, 0) is 19.0 Å². The summed E-state index contributed by atoms with van der Waals surface area (Å²) in [6.07, 6.45) is 4.22. The highest BCUT2D eigenvalue weighted by Crippen LogP contribution is 2.39. The molecule has 1 unspecified atom stereocenters. The van der Waals surface area contributed by atoms with E-state index in [1.54, 1.807) is 16.7 Å². The SMILES string of the molecule is CC(=O)N1c2ccc(-c3cnn(C4COC4)c3)cc2N(C(=O)OCCC2COC2)CC1C. The molecule has 0 bridgehead atoms. The van der Waals surface area contributed by atoms with Crippen molar-refractivity contribution < 1.29 is 23.8 Å². The lowest BCUT2D eigenvalue weighted by atomic mass is 10.0. The van der Waals surface area contributed by atoms with Crippen molar-refractivity contribution in [2.45, 2.75) is 32.4 Å². The molecule has 170 valence electrons. The zero-order valence-corrected chi connectivity index (χ0v) is 18.4. The molecule has 0 aliphatic carbocycles. The standard InChI is InChI=1S/C23H28N4O5/c1-15-9-25(23(29)32-6-5-17-11-30-12-17)22-7-18(3-4-21(22)27(15)16(2)28)19-8-24-26(10-19)20-13-31-14-20/h3-4,7-8,10,15,17,20H,5-6,9,11-14H2,1-2H3.